The fourth-order valence-electron chi connectivity index (χ4n) is 3.93. The quantitative estimate of drug-likeness (QED) is 0.278. The molecule has 1 fully saturated rings. The SMILES string of the molecule is COc1cc(-c2oc3cc(O)cc(O)c3c(=O)c2C2OC(CO)C(O)C(O)C2O)ccc1O. The summed E-state index contributed by atoms with van der Waals surface area (Å²) in [5.74, 6) is -1.32. The van der Waals surface area contributed by atoms with Crippen LogP contribution >= 0.6 is 0 Å². The van der Waals surface area contributed by atoms with Gasteiger partial charge in [0.05, 0.1) is 19.3 Å². The average Bonchev–Trinajstić information content (AvgIpc) is 2.78. The van der Waals surface area contributed by atoms with Crippen LogP contribution in [0.2, 0.25) is 0 Å². The molecule has 0 radical (unpaired) electrons. The molecule has 0 bridgehead atoms. The van der Waals surface area contributed by atoms with E-state index in [9.17, 15) is 40.5 Å². The minimum atomic E-state index is -1.81. The van der Waals surface area contributed by atoms with E-state index in [1.165, 1.54) is 25.3 Å². The fraction of sp³-hybridized carbons (Fsp3) is 0.318. The van der Waals surface area contributed by atoms with Gasteiger partial charge >= 0.3 is 0 Å². The van der Waals surface area contributed by atoms with Crippen LogP contribution in [0.3, 0.4) is 0 Å². The summed E-state index contributed by atoms with van der Waals surface area (Å²) in [5, 5.41) is 70.3. The molecular formula is C22H22O11. The molecule has 11 heteroatoms. The first-order valence-electron chi connectivity index (χ1n) is 9.88. The fourth-order valence-corrected chi connectivity index (χ4v) is 3.93. The predicted octanol–water partition coefficient (Wildman–Crippen LogP) is 0.100. The zero-order chi connectivity index (χ0) is 24.0. The zero-order valence-corrected chi connectivity index (χ0v) is 17.2. The van der Waals surface area contributed by atoms with Gasteiger partial charge in [0, 0.05) is 17.7 Å². The Kier molecular flexibility index (Phi) is 5.91. The third-order valence-electron chi connectivity index (χ3n) is 5.61. The lowest BCUT2D eigenvalue weighted by atomic mass is 9.89. The highest BCUT2D eigenvalue weighted by molar-refractivity contribution is 5.87. The molecule has 33 heavy (non-hydrogen) atoms. The van der Waals surface area contributed by atoms with Crippen molar-refractivity contribution in [3.63, 3.8) is 0 Å². The van der Waals surface area contributed by atoms with Gasteiger partial charge in [0.25, 0.3) is 0 Å². The lowest BCUT2D eigenvalue weighted by Crippen LogP contribution is -2.55. The van der Waals surface area contributed by atoms with Gasteiger partial charge in [-0.1, -0.05) is 0 Å². The van der Waals surface area contributed by atoms with Gasteiger partial charge in [-0.3, -0.25) is 4.79 Å². The Labute approximate surface area is 185 Å². The Hall–Kier alpha value is -3.35. The molecular weight excluding hydrogens is 440 g/mol. The standard InChI is InChI=1S/C22H22O11/c1-31-12-4-8(2-3-10(12)25)21-16(22-20(30)19(29)17(27)14(7-23)33-22)18(28)15-11(26)5-9(24)6-13(15)32-21/h2-6,14,17,19-20,22-27,29-30H,7H2,1H3. The Balaban J connectivity index is 2.04. The molecule has 1 saturated heterocycles. The van der Waals surface area contributed by atoms with Crippen LogP contribution in [0, 0.1) is 0 Å². The molecule has 5 atom stereocenters. The van der Waals surface area contributed by atoms with Gasteiger partial charge in [-0.2, -0.15) is 0 Å². The van der Waals surface area contributed by atoms with Gasteiger partial charge in [0.2, 0.25) is 5.43 Å². The lowest BCUT2D eigenvalue weighted by Gasteiger charge is -2.40. The van der Waals surface area contributed by atoms with Crippen LogP contribution in [-0.2, 0) is 4.74 Å². The number of hydrogen-bond donors (Lipinski definition) is 7. The molecule has 3 aromatic rings. The van der Waals surface area contributed by atoms with Gasteiger partial charge in [-0.15, -0.1) is 0 Å². The highest BCUT2D eigenvalue weighted by Crippen LogP contribution is 2.41. The maximum Gasteiger partial charge on any atom is 0.203 e. The van der Waals surface area contributed by atoms with Crippen molar-refractivity contribution < 1.29 is 49.6 Å². The number of rotatable bonds is 4. The van der Waals surface area contributed by atoms with Gasteiger partial charge < -0.3 is 49.6 Å². The summed E-state index contributed by atoms with van der Waals surface area (Å²) in [4.78, 5) is 13.5. The number of fused-ring (bicyclic) bond motifs is 1. The summed E-state index contributed by atoms with van der Waals surface area (Å²) in [7, 11) is 1.31. The van der Waals surface area contributed by atoms with Gasteiger partial charge in [0.1, 0.15) is 58.7 Å². The third kappa shape index (κ3) is 3.75. The van der Waals surface area contributed by atoms with Crippen molar-refractivity contribution in [2.45, 2.75) is 30.5 Å². The predicted molar refractivity (Wildman–Crippen MR) is 112 cm³/mol. The van der Waals surface area contributed by atoms with Crippen molar-refractivity contribution in [1.29, 1.82) is 0 Å². The molecule has 0 aliphatic carbocycles. The molecule has 0 amide bonds. The van der Waals surface area contributed by atoms with E-state index >= 15 is 0 Å². The maximum absolute atomic E-state index is 13.5. The van der Waals surface area contributed by atoms with E-state index in [-0.39, 0.29) is 45.1 Å². The molecule has 5 unspecified atom stereocenters. The minimum absolute atomic E-state index is 0.0359. The van der Waals surface area contributed by atoms with Crippen LogP contribution in [0.15, 0.2) is 39.5 Å². The van der Waals surface area contributed by atoms with Crippen molar-refractivity contribution >= 4 is 11.0 Å². The summed E-state index contributed by atoms with van der Waals surface area (Å²) < 4.78 is 16.5. The van der Waals surface area contributed by atoms with E-state index in [2.05, 4.69) is 0 Å². The first-order valence-corrected chi connectivity index (χ1v) is 9.88. The smallest absolute Gasteiger partial charge is 0.203 e. The molecule has 11 nitrogen and oxygen atoms in total. The number of hydrogen-bond acceptors (Lipinski definition) is 11. The topological polar surface area (TPSA) is 190 Å². The van der Waals surface area contributed by atoms with Crippen molar-refractivity contribution in [3.8, 4) is 34.3 Å². The average molecular weight is 462 g/mol. The highest BCUT2D eigenvalue weighted by Gasteiger charge is 2.46. The molecule has 7 N–H and O–H groups in total. The van der Waals surface area contributed by atoms with Crippen LogP contribution in [-0.4, -0.2) is 73.9 Å². The number of aliphatic hydroxyl groups is 4. The Morgan fingerprint density at radius 2 is 1.70 bits per heavy atom. The summed E-state index contributed by atoms with van der Waals surface area (Å²) in [6, 6.07) is 6.04. The largest absolute Gasteiger partial charge is 0.508 e. The second kappa shape index (κ2) is 8.54. The molecule has 4 rings (SSSR count). The van der Waals surface area contributed by atoms with Crippen LogP contribution < -0.4 is 10.2 Å². The molecule has 2 heterocycles. The second-order valence-corrected chi connectivity index (χ2v) is 7.65. The van der Waals surface area contributed by atoms with E-state index in [0.29, 0.717) is 0 Å². The van der Waals surface area contributed by atoms with Gasteiger partial charge in [0.15, 0.2) is 11.5 Å². The van der Waals surface area contributed by atoms with Gasteiger partial charge in [-0.25, -0.2) is 0 Å². The second-order valence-electron chi connectivity index (χ2n) is 7.65. The van der Waals surface area contributed by atoms with Gasteiger partial charge in [-0.05, 0) is 18.2 Å². The Morgan fingerprint density at radius 1 is 0.970 bits per heavy atom. The van der Waals surface area contributed by atoms with Crippen LogP contribution in [0.25, 0.3) is 22.3 Å². The van der Waals surface area contributed by atoms with E-state index in [0.717, 1.165) is 12.1 Å². The number of benzene rings is 2. The van der Waals surface area contributed by atoms with Crippen molar-refractivity contribution in [3.05, 3.63) is 46.1 Å². The third-order valence-corrected chi connectivity index (χ3v) is 5.61. The Bertz CT molecular complexity index is 1250. The molecule has 1 aliphatic heterocycles. The molecule has 176 valence electrons. The normalized spacial score (nSPS) is 25.3. The maximum atomic E-state index is 13.5. The number of ether oxygens (including phenoxy) is 2. The zero-order valence-electron chi connectivity index (χ0n) is 17.2. The Morgan fingerprint density at radius 3 is 2.36 bits per heavy atom. The molecule has 1 aliphatic rings. The molecule has 0 saturated carbocycles. The highest BCUT2D eigenvalue weighted by atomic mass is 16.5. The summed E-state index contributed by atoms with van der Waals surface area (Å²) >= 11 is 0. The monoisotopic (exact) mass is 462 g/mol. The first kappa shape index (κ1) is 22.8. The van der Waals surface area contributed by atoms with E-state index < -0.39 is 48.3 Å². The van der Waals surface area contributed by atoms with E-state index in [1.807, 2.05) is 0 Å². The van der Waals surface area contributed by atoms with Crippen molar-refractivity contribution in [2.75, 3.05) is 13.7 Å². The van der Waals surface area contributed by atoms with Crippen molar-refractivity contribution in [1.82, 2.24) is 0 Å². The first-order chi connectivity index (χ1) is 15.7. The number of phenols is 3. The molecule has 0 spiro atoms. The number of aliphatic hydroxyl groups excluding tert-OH is 4. The number of aromatic hydroxyl groups is 3. The summed E-state index contributed by atoms with van der Waals surface area (Å²) in [6.45, 7) is -0.720. The van der Waals surface area contributed by atoms with E-state index in [4.69, 9.17) is 13.9 Å². The van der Waals surface area contributed by atoms with Crippen LogP contribution in [0.5, 0.6) is 23.0 Å². The molecule has 2 aromatic carbocycles. The van der Waals surface area contributed by atoms with E-state index in [1.54, 1.807) is 0 Å². The van der Waals surface area contributed by atoms with Crippen LogP contribution in [0.4, 0.5) is 0 Å². The molecule has 1 aromatic heterocycles. The lowest BCUT2D eigenvalue weighted by molar-refractivity contribution is -0.232. The van der Waals surface area contributed by atoms with Crippen molar-refractivity contribution in [2.24, 2.45) is 0 Å². The summed E-state index contributed by atoms with van der Waals surface area (Å²) in [5.41, 5.74) is -1.17. The number of methoxy groups -OCH3 is 1. The minimum Gasteiger partial charge on any atom is -0.508 e. The number of phenolic OH excluding ortho intramolecular Hbond substituents is 3. The van der Waals surface area contributed by atoms with Crippen LogP contribution in [0.1, 0.15) is 11.7 Å². The summed E-state index contributed by atoms with van der Waals surface area (Å²) in [6.07, 6.45) is -8.12.